The van der Waals surface area contributed by atoms with Gasteiger partial charge in [-0.2, -0.15) is 5.10 Å². The van der Waals surface area contributed by atoms with Crippen LogP contribution in [0.1, 0.15) is 19.5 Å². The van der Waals surface area contributed by atoms with Crippen LogP contribution in [-0.4, -0.2) is 26.2 Å². The molecule has 0 fully saturated rings. The van der Waals surface area contributed by atoms with Crippen LogP contribution in [0.5, 0.6) is 0 Å². The van der Waals surface area contributed by atoms with Crippen molar-refractivity contribution < 1.29 is 4.39 Å². The van der Waals surface area contributed by atoms with E-state index in [-0.39, 0.29) is 11.9 Å². The van der Waals surface area contributed by atoms with E-state index in [9.17, 15) is 4.39 Å². The fourth-order valence-corrected chi connectivity index (χ4v) is 2.27. The Morgan fingerprint density at radius 2 is 1.80 bits per heavy atom. The third kappa shape index (κ3) is 4.43. The molecular formula is C17H20FN7. The first-order chi connectivity index (χ1) is 12.0. The Hall–Kier alpha value is -3.16. The van der Waals surface area contributed by atoms with Crippen molar-refractivity contribution in [1.82, 2.24) is 20.2 Å². The lowest BCUT2D eigenvalue weighted by molar-refractivity contribution is 0.628. The molecule has 0 atom stereocenters. The number of H-pyrrole nitrogens is 1. The van der Waals surface area contributed by atoms with Crippen LogP contribution in [-0.2, 0) is 0 Å². The van der Waals surface area contributed by atoms with E-state index in [1.165, 1.54) is 6.07 Å². The molecule has 0 radical (unpaired) electrons. The van der Waals surface area contributed by atoms with Gasteiger partial charge in [-0.25, -0.2) is 9.37 Å². The van der Waals surface area contributed by atoms with Crippen molar-refractivity contribution in [1.29, 1.82) is 0 Å². The normalized spacial score (nSPS) is 10.8. The zero-order valence-electron chi connectivity index (χ0n) is 14.3. The van der Waals surface area contributed by atoms with E-state index in [1.54, 1.807) is 24.5 Å². The molecule has 0 aliphatic rings. The molecule has 0 bridgehead atoms. The van der Waals surface area contributed by atoms with Crippen LogP contribution >= 0.6 is 0 Å². The molecule has 0 aliphatic carbocycles. The van der Waals surface area contributed by atoms with Gasteiger partial charge in [0.15, 0.2) is 17.5 Å². The smallest absolute Gasteiger partial charge is 0.153 e. The summed E-state index contributed by atoms with van der Waals surface area (Å²) >= 11 is 0. The predicted molar refractivity (Wildman–Crippen MR) is 97.1 cm³/mol. The van der Waals surface area contributed by atoms with Crippen LogP contribution in [0.15, 0.2) is 36.7 Å². The molecule has 1 aromatic carbocycles. The molecule has 0 spiro atoms. The van der Waals surface area contributed by atoms with Gasteiger partial charge in [0.1, 0.15) is 5.82 Å². The van der Waals surface area contributed by atoms with Crippen LogP contribution in [0.3, 0.4) is 0 Å². The Labute approximate surface area is 145 Å². The minimum Gasteiger partial charge on any atom is -0.380 e. The van der Waals surface area contributed by atoms with Crippen LogP contribution in [0.4, 0.5) is 33.2 Å². The summed E-state index contributed by atoms with van der Waals surface area (Å²) < 4.78 is 13.8. The fraction of sp³-hybridized carbons (Fsp3) is 0.235. The zero-order valence-corrected chi connectivity index (χ0v) is 14.3. The average Bonchev–Trinajstić information content (AvgIpc) is 2.95. The molecule has 2 heterocycles. The molecule has 25 heavy (non-hydrogen) atoms. The van der Waals surface area contributed by atoms with Crippen LogP contribution < -0.4 is 16.0 Å². The third-order valence-corrected chi connectivity index (χ3v) is 3.28. The lowest BCUT2D eigenvalue weighted by Crippen LogP contribution is -2.11. The maximum Gasteiger partial charge on any atom is 0.153 e. The van der Waals surface area contributed by atoms with Crippen molar-refractivity contribution in [2.45, 2.75) is 26.8 Å². The van der Waals surface area contributed by atoms with Gasteiger partial charge in [-0.05, 0) is 39.0 Å². The summed E-state index contributed by atoms with van der Waals surface area (Å²) in [6.45, 7) is 5.83. The molecule has 8 heteroatoms. The molecule has 0 unspecified atom stereocenters. The van der Waals surface area contributed by atoms with E-state index in [1.807, 2.05) is 26.8 Å². The number of anilines is 5. The van der Waals surface area contributed by atoms with E-state index in [2.05, 4.69) is 36.1 Å². The summed E-state index contributed by atoms with van der Waals surface area (Å²) in [5.74, 6) is 1.46. The molecule has 3 rings (SSSR count). The molecule has 4 N–H and O–H groups in total. The monoisotopic (exact) mass is 341 g/mol. The predicted octanol–water partition coefficient (Wildman–Crippen LogP) is 3.95. The van der Waals surface area contributed by atoms with E-state index in [4.69, 9.17) is 0 Å². The number of nitrogens with one attached hydrogen (secondary N) is 4. The van der Waals surface area contributed by atoms with Crippen LogP contribution in [0.2, 0.25) is 0 Å². The Morgan fingerprint density at radius 1 is 1.04 bits per heavy atom. The quantitative estimate of drug-likeness (QED) is 0.543. The Bertz CT molecular complexity index is 860. The molecule has 2 aromatic heterocycles. The molecule has 0 saturated carbocycles. The highest BCUT2D eigenvalue weighted by Gasteiger charge is 2.07. The Balaban J connectivity index is 1.75. The number of hydrogen-bond donors (Lipinski definition) is 4. The van der Waals surface area contributed by atoms with E-state index >= 15 is 0 Å². The highest BCUT2D eigenvalue weighted by atomic mass is 19.1. The maximum absolute atomic E-state index is 13.8. The molecule has 130 valence electrons. The van der Waals surface area contributed by atoms with Gasteiger partial charge >= 0.3 is 0 Å². The van der Waals surface area contributed by atoms with Crippen molar-refractivity contribution >= 4 is 28.8 Å². The minimum atomic E-state index is -0.297. The average molecular weight is 341 g/mol. The molecule has 7 nitrogen and oxygen atoms in total. The molecule has 0 amide bonds. The summed E-state index contributed by atoms with van der Waals surface area (Å²) in [7, 11) is 0. The number of aryl methyl sites for hydroxylation is 1. The second-order valence-electron chi connectivity index (χ2n) is 5.97. The van der Waals surface area contributed by atoms with Gasteiger partial charge in [0.2, 0.25) is 0 Å². The zero-order chi connectivity index (χ0) is 17.8. The van der Waals surface area contributed by atoms with Gasteiger partial charge in [0.25, 0.3) is 0 Å². The fourth-order valence-electron chi connectivity index (χ4n) is 2.27. The number of hydrogen-bond acceptors (Lipinski definition) is 6. The third-order valence-electron chi connectivity index (χ3n) is 3.28. The maximum atomic E-state index is 13.8. The van der Waals surface area contributed by atoms with Gasteiger partial charge in [-0.1, -0.05) is 0 Å². The summed E-state index contributed by atoms with van der Waals surface area (Å²) in [4.78, 5) is 8.59. The first-order valence-corrected chi connectivity index (χ1v) is 7.94. The SMILES string of the molecule is Cc1cc(Nc2cncc(Nc3ccc(F)c(NC(C)C)c3)n2)n[nH]1. The van der Waals surface area contributed by atoms with E-state index in [0.717, 1.165) is 5.69 Å². The van der Waals surface area contributed by atoms with Crippen LogP contribution in [0, 0.1) is 12.7 Å². The first-order valence-electron chi connectivity index (χ1n) is 7.94. The topological polar surface area (TPSA) is 90.6 Å². The number of nitrogens with zero attached hydrogens (tertiary/aromatic N) is 3. The second-order valence-corrected chi connectivity index (χ2v) is 5.97. The summed E-state index contributed by atoms with van der Waals surface area (Å²) in [6, 6.07) is 6.77. The Morgan fingerprint density at radius 3 is 2.48 bits per heavy atom. The highest BCUT2D eigenvalue weighted by molar-refractivity contribution is 5.64. The lowest BCUT2D eigenvalue weighted by Gasteiger charge is -2.13. The molecule has 3 aromatic rings. The van der Waals surface area contributed by atoms with Gasteiger partial charge in [0, 0.05) is 23.5 Å². The molecule has 0 saturated heterocycles. The summed E-state index contributed by atoms with van der Waals surface area (Å²) in [6.07, 6.45) is 3.20. The summed E-state index contributed by atoms with van der Waals surface area (Å²) in [5.41, 5.74) is 2.10. The number of benzene rings is 1. The van der Waals surface area contributed by atoms with Gasteiger partial charge in [-0.3, -0.25) is 10.1 Å². The second kappa shape index (κ2) is 7.16. The molecular weight excluding hydrogens is 321 g/mol. The highest BCUT2D eigenvalue weighted by Crippen LogP contribution is 2.23. The van der Waals surface area contributed by atoms with Gasteiger partial charge in [0.05, 0.1) is 18.1 Å². The summed E-state index contributed by atoms with van der Waals surface area (Å²) in [5, 5.41) is 16.2. The first kappa shape index (κ1) is 16.7. The number of aromatic amines is 1. The van der Waals surface area contributed by atoms with Crippen molar-refractivity contribution in [3.63, 3.8) is 0 Å². The van der Waals surface area contributed by atoms with E-state index < -0.39 is 0 Å². The van der Waals surface area contributed by atoms with Gasteiger partial charge < -0.3 is 16.0 Å². The minimum absolute atomic E-state index is 0.134. The number of rotatable bonds is 6. The largest absolute Gasteiger partial charge is 0.380 e. The standard InChI is InChI=1S/C17H20FN7/c1-10(2)20-14-7-12(4-5-13(14)18)21-16-8-19-9-17(23-16)22-15-6-11(3)24-25-15/h4-10,20H,1-3H3,(H3,21,22,23,24,25). The lowest BCUT2D eigenvalue weighted by atomic mass is 10.2. The van der Waals surface area contributed by atoms with Crippen molar-refractivity contribution in [2.24, 2.45) is 0 Å². The van der Waals surface area contributed by atoms with Crippen molar-refractivity contribution in [3.05, 3.63) is 48.2 Å². The number of aromatic nitrogens is 4. The van der Waals surface area contributed by atoms with Gasteiger partial charge in [-0.15, -0.1) is 0 Å². The van der Waals surface area contributed by atoms with Crippen LogP contribution in [0.25, 0.3) is 0 Å². The van der Waals surface area contributed by atoms with Crippen molar-refractivity contribution in [3.8, 4) is 0 Å². The number of halogens is 1. The molecule has 0 aliphatic heterocycles. The van der Waals surface area contributed by atoms with E-state index in [0.29, 0.717) is 28.8 Å². The Kier molecular flexibility index (Phi) is 4.78. The van der Waals surface area contributed by atoms with Crippen molar-refractivity contribution in [2.75, 3.05) is 16.0 Å².